The fourth-order valence-corrected chi connectivity index (χ4v) is 2.78. The van der Waals surface area contributed by atoms with Gasteiger partial charge in [-0.05, 0) is 32.4 Å². The van der Waals surface area contributed by atoms with Crippen molar-refractivity contribution in [3.05, 3.63) is 33.3 Å². The molecule has 1 N–H and O–H groups in total. The molecule has 6 nitrogen and oxygen atoms in total. The predicted octanol–water partition coefficient (Wildman–Crippen LogP) is 2.52. The molecular formula is C16H18Cl2N2O4. The molecular weight excluding hydrogens is 355 g/mol. The maximum absolute atomic E-state index is 12.5. The van der Waals surface area contributed by atoms with Crippen molar-refractivity contribution in [1.82, 2.24) is 10.2 Å². The molecule has 0 spiro atoms. The molecule has 0 bridgehead atoms. The first-order chi connectivity index (χ1) is 11.3. The van der Waals surface area contributed by atoms with Crippen molar-refractivity contribution in [3.8, 4) is 0 Å². The number of amides is 3. The number of carbonyl (C=O) groups excluding carboxylic acids is 3. The summed E-state index contributed by atoms with van der Waals surface area (Å²) in [4.78, 5) is 38.2. The van der Waals surface area contributed by atoms with Crippen LogP contribution in [-0.2, 0) is 9.53 Å². The molecule has 1 heterocycles. The van der Waals surface area contributed by atoms with Gasteiger partial charge in [0.1, 0.15) is 6.04 Å². The van der Waals surface area contributed by atoms with Gasteiger partial charge < -0.3 is 10.1 Å². The Balaban J connectivity index is 2.16. The second-order valence-electron chi connectivity index (χ2n) is 5.66. The SMILES string of the molecule is COCCC(C)NC(=O)C(C)N1C(=O)c2cc(Cl)c(Cl)cc2C1=O. The van der Waals surface area contributed by atoms with Gasteiger partial charge >= 0.3 is 0 Å². The number of methoxy groups -OCH3 is 1. The monoisotopic (exact) mass is 372 g/mol. The molecule has 3 amide bonds. The first-order valence-corrected chi connectivity index (χ1v) is 8.19. The van der Waals surface area contributed by atoms with E-state index in [-0.39, 0.29) is 27.2 Å². The highest BCUT2D eigenvalue weighted by Crippen LogP contribution is 2.32. The zero-order valence-corrected chi connectivity index (χ0v) is 15.1. The molecule has 24 heavy (non-hydrogen) atoms. The third-order valence-electron chi connectivity index (χ3n) is 3.87. The Hall–Kier alpha value is -1.63. The normalized spacial score (nSPS) is 16.1. The van der Waals surface area contributed by atoms with Crippen LogP contribution in [0.15, 0.2) is 12.1 Å². The van der Waals surface area contributed by atoms with Crippen molar-refractivity contribution in [2.45, 2.75) is 32.4 Å². The number of imide groups is 1. The van der Waals surface area contributed by atoms with Gasteiger partial charge in [0, 0.05) is 19.8 Å². The maximum Gasteiger partial charge on any atom is 0.262 e. The minimum atomic E-state index is -0.944. The molecule has 1 aliphatic rings. The lowest BCUT2D eigenvalue weighted by molar-refractivity contribution is -0.125. The highest BCUT2D eigenvalue weighted by Gasteiger charge is 2.41. The lowest BCUT2D eigenvalue weighted by Gasteiger charge is -2.23. The van der Waals surface area contributed by atoms with Gasteiger partial charge in [0.15, 0.2) is 0 Å². The molecule has 1 aromatic carbocycles. The maximum atomic E-state index is 12.5. The van der Waals surface area contributed by atoms with E-state index in [1.54, 1.807) is 7.11 Å². The molecule has 0 saturated carbocycles. The largest absolute Gasteiger partial charge is 0.385 e. The summed E-state index contributed by atoms with van der Waals surface area (Å²) in [6, 6.07) is 1.62. The van der Waals surface area contributed by atoms with Gasteiger partial charge in [-0.15, -0.1) is 0 Å². The summed E-state index contributed by atoms with van der Waals surface area (Å²) in [7, 11) is 1.58. The van der Waals surface area contributed by atoms with Crippen molar-refractivity contribution < 1.29 is 19.1 Å². The fraction of sp³-hybridized carbons (Fsp3) is 0.438. The second-order valence-corrected chi connectivity index (χ2v) is 6.47. The molecule has 2 rings (SSSR count). The zero-order valence-electron chi connectivity index (χ0n) is 13.6. The van der Waals surface area contributed by atoms with Gasteiger partial charge in [0.05, 0.1) is 21.2 Å². The van der Waals surface area contributed by atoms with E-state index in [0.29, 0.717) is 13.0 Å². The van der Waals surface area contributed by atoms with Crippen molar-refractivity contribution >= 4 is 40.9 Å². The van der Waals surface area contributed by atoms with Crippen LogP contribution >= 0.6 is 23.2 Å². The van der Waals surface area contributed by atoms with E-state index in [1.165, 1.54) is 19.1 Å². The van der Waals surface area contributed by atoms with E-state index in [1.807, 2.05) is 6.92 Å². The molecule has 0 saturated heterocycles. The topological polar surface area (TPSA) is 75.7 Å². The van der Waals surface area contributed by atoms with Crippen LogP contribution in [0.4, 0.5) is 0 Å². The van der Waals surface area contributed by atoms with Crippen LogP contribution in [-0.4, -0.2) is 48.4 Å². The number of hydrogen-bond donors (Lipinski definition) is 1. The molecule has 0 fully saturated rings. The number of hydrogen-bond acceptors (Lipinski definition) is 4. The minimum absolute atomic E-state index is 0.140. The van der Waals surface area contributed by atoms with E-state index >= 15 is 0 Å². The van der Waals surface area contributed by atoms with Crippen LogP contribution in [0.1, 0.15) is 41.0 Å². The second kappa shape index (κ2) is 7.51. The number of fused-ring (bicyclic) bond motifs is 1. The Labute approximate surface area is 150 Å². The van der Waals surface area contributed by atoms with Crippen molar-refractivity contribution in [1.29, 1.82) is 0 Å². The average molecular weight is 373 g/mol. The number of carbonyl (C=O) groups is 3. The minimum Gasteiger partial charge on any atom is -0.385 e. The van der Waals surface area contributed by atoms with Gasteiger partial charge in [0.25, 0.3) is 11.8 Å². The van der Waals surface area contributed by atoms with Crippen LogP contribution in [0.3, 0.4) is 0 Å². The summed E-state index contributed by atoms with van der Waals surface area (Å²) in [6.45, 7) is 3.83. The summed E-state index contributed by atoms with van der Waals surface area (Å²) < 4.78 is 4.96. The van der Waals surface area contributed by atoms with E-state index < -0.39 is 23.8 Å². The van der Waals surface area contributed by atoms with E-state index in [4.69, 9.17) is 27.9 Å². The average Bonchev–Trinajstić information content (AvgIpc) is 2.76. The van der Waals surface area contributed by atoms with Gasteiger partial charge in [-0.3, -0.25) is 19.3 Å². The summed E-state index contributed by atoms with van der Waals surface area (Å²) in [6.07, 6.45) is 0.627. The Morgan fingerprint density at radius 3 is 2.12 bits per heavy atom. The zero-order chi connectivity index (χ0) is 18.0. The smallest absolute Gasteiger partial charge is 0.262 e. The van der Waals surface area contributed by atoms with Crippen molar-refractivity contribution in [2.75, 3.05) is 13.7 Å². The Bertz CT molecular complexity index is 652. The van der Waals surface area contributed by atoms with Crippen molar-refractivity contribution in [2.24, 2.45) is 0 Å². The molecule has 2 unspecified atom stereocenters. The Morgan fingerprint density at radius 1 is 1.17 bits per heavy atom. The Kier molecular flexibility index (Phi) is 5.85. The molecule has 1 aromatic rings. The lowest BCUT2D eigenvalue weighted by atomic mass is 10.1. The van der Waals surface area contributed by atoms with Crippen LogP contribution in [0.2, 0.25) is 10.0 Å². The van der Waals surface area contributed by atoms with Gasteiger partial charge in [-0.2, -0.15) is 0 Å². The summed E-state index contributed by atoms with van der Waals surface area (Å²) in [5, 5.41) is 3.13. The quantitative estimate of drug-likeness (QED) is 0.778. The first kappa shape index (κ1) is 18.7. The molecule has 1 aliphatic heterocycles. The van der Waals surface area contributed by atoms with E-state index in [2.05, 4.69) is 5.32 Å². The number of ether oxygens (including phenoxy) is 1. The van der Waals surface area contributed by atoms with Crippen molar-refractivity contribution in [3.63, 3.8) is 0 Å². The number of nitrogens with zero attached hydrogens (tertiary/aromatic N) is 1. The highest BCUT2D eigenvalue weighted by atomic mass is 35.5. The summed E-state index contributed by atoms with van der Waals surface area (Å²) >= 11 is 11.8. The standard InChI is InChI=1S/C16H18Cl2N2O4/c1-8(4-5-24-3)19-14(21)9(2)20-15(22)10-6-12(17)13(18)7-11(10)16(20)23/h6-9H,4-5H2,1-3H3,(H,19,21). The molecule has 2 atom stereocenters. The summed E-state index contributed by atoms with van der Waals surface area (Å²) in [5.41, 5.74) is 0.308. The van der Waals surface area contributed by atoms with Crippen LogP contribution in [0.25, 0.3) is 0 Å². The number of rotatable bonds is 6. The molecule has 130 valence electrons. The van der Waals surface area contributed by atoms with Gasteiger partial charge in [-0.1, -0.05) is 23.2 Å². The van der Waals surface area contributed by atoms with E-state index in [0.717, 1.165) is 4.90 Å². The molecule has 0 aromatic heterocycles. The van der Waals surface area contributed by atoms with Crippen LogP contribution in [0, 0.1) is 0 Å². The van der Waals surface area contributed by atoms with Crippen LogP contribution < -0.4 is 5.32 Å². The van der Waals surface area contributed by atoms with Gasteiger partial charge in [-0.25, -0.2) is 0 Å². The number of benzene rings is 1. The lowest BCUT2D eigenvalue weighted by Crippen LogP contribution is -2.49. The third-order valence-corrected chi connectivity index (χ3v) is 4.59. The fourth-order valence-electron chi connectivity index (χ4n) is 2.45. The number of nitrogens with one attached hydrogen (secondary N) is 1. The molecule has 0 aliphatic carbocycles. The first-order valence-electron chi connectivity index (χ1n) is 7.44. The molecule has 8 heteroatoms. The Morgan fingerprint density at radius 2 is 1.67 bits per heavy atom. The molecule has 0 radical (unpaired) electrons. The third kappa shape index (κ3) is 3.55. The van der Waals surface area contributed by atoms with Gasteiger partial charge in [0.2, 0.25) is 5.91 Å². The summed E-state index contributed by atoms with van der Waals surface area (Å²) in [5.74, 6) is -1.52. The highest BCUT2D eigenvalue weighted by molar-refractivity contribution is 6.43. The van der Waals surface area contributed by atoms with Crippen LogP contribution in [0.5, 0.6) is 0 Å². The van der Waals surface area contributed by atoms with E-state index in [9.17, 15) is 14.4 Å². The predicted molar refractivity (Wildman–Crippen MR) is 90.5 cm³/mol. The number of halogens is 2.